The van der Waals surface area contributed by atoms with Gasteiger partial charge in [0.2, 0.25) is 0 Å². The lowest BCUT2D eigenvalue weighted by atomic mass is 9.92. The highest BCUT2D eigenvalue weighted by atomic mass is 15.3. The molecule has 1 unspecified atom stereocenters. The van der Waals surface area contributed by atoms with Crippen molar-refractivity contribution in [3.63, 3.8) is 0 Å². The van der Waals surface area contributed by atoms with Gasteiger partial charge in [-0.15, -0.1) is 10.2 Å². The van der Waals surface area contributed by atoms with E-state index in [1.165, 1.54) is 32.1 Å². The van der Waals surface area contributed by atoms with Gasteiger partial charge in [0.05, 0.1) is 5.54 Å². The summed E-state index contributed by atoms with van der Waals surface area (Å²) >= 11 is 0. The average Bonchev–Trinajstić information content (AvgIpc) is 2.79. The van der Waals surface area contributed by atoms with Gasteiger partial charge < -0.3 is 10.3 Å². The van der Waals surface area contributed by atoms with Crippen LogP contribution >= 0.6 is 0 Å². The number of rotatable bonds is 4. The van der Waals surface area contributed by atoms with Gasteiger partial charge in [0.1, 0.15) is 6.33 Å². The van der Waals surface area contributed by atoms with E-state index in [0.717, 1.165) is 18.7 Å². The van der Waals surface area contributed by atoms with Crippen molar-refractivity contribution in [2.45, 2.75) is 70.4 Å². The Kier molecular flexibility index (Phi) is 3.82. The monoisotopic (exact) mass is 236 g/mol. The molecular weight excluding hydrogens is 212 g/mol. The molecule has 4 heteroatoms. The van der Waals surface area contributed by atoms with E-state index in [1.807, 2.05) is 6.33 Å². The van der Waals surface area contributed by atoms with E-state index >= 15 is 0 Å². The third kappa shape index (κ3) is 2.68. The van der Waals surface area contributed by atoms with Gasteiger partial charge in [0.15, 0.2) is 5.82 Å². The molecule has 1 atom stereocenters. The Labute approximate surface area is 104 Å². The minimum atomic E-state index is -0.345. The van der Waals surface area contributed by atoms with E-state index in [-0.39, 0.29) is 5.54 Å². The molecule has 0 radical (unpaired) electrons. The van der Waals surface area contributed by atoms with Gasteiger partial charge in [0, 0.05) is 6.04 Å². The summed E-state index contributed by atoms with van der Waals surface area (Å²) in [7, 11) is 0. The van der Waals surface area contributed by atoms with E-state index in [1.54, 1.807) is 0 Å². The van der Waals surface area contributed by atoms with Crippen molar-refractivity contribution in [1.82, 2.24) is 14.8 Å². The first-order valence-corrected chi connectivity index (χ1v) is 6.84. The first kappa shape index (κ1) is 12.6. The molecule has 1 aromatic rings. The van der Waals surface area contributed by atoms with Crippen molar-refractivity contribution in [3.8, 4) is 0 Å². The predicted octanol–water partition coefficient (Wildman–Crippen LogP) is 2.76. The summed E-state index contributed by atoms with van der Waals surface area (Å²) in [6.07, 6.45) is 10.4. The summed E-state index contributed by atoms with van der Waals surface area (Å²) in [4.78, 5) is 0. The molecule has 1 heterocycles. The lowest BCUT2D eigenvalue weighted by Gasteiger charge is -2.29. The SMILES string of the molecule is CCCC(C)(N)c1nncn1C1CCCCC1. The summed E-state index contributed by atoms with van der Waals surface area (Å²) in [5, 5.41) is 8.35. The van der Waals surface area contributed by atoms with Gasteiger partial charge in [-0.25, -0.2) is 0 Å². The summed E-state index contributed by atoms with van der Waals surface area (Å²) in [6, 6.07) is 0.563. The summed E-state index contributed by atoms with van der Waals surface area (Å²) in [5.74, 6) is 0.964. The van der Waals surface area contributed by atoms with Crippen LogP contribution < -0.4 is 5.73 Å². The van der Waals surface area contributed by atoms with Gasteiger partial charge in [-0.2, -0.15) is 0 Å². The molecular formula is C13H24N4. The van der Waals surface area contributed by atoms with E-state index in [0.29, 0.717) is 6.04 Å². The predicted molar refractivity (Wildman–Crippen MR) is 68.6 cm³/mol. The lowest BCUT2D eigenvalue weighted by molar-refractivity contribution is 0.314. The number of hydrogen-bond donors (Lipinski definition) is 1. The average molecular weight is 236 g/mol. The van der Waals surface area contributed by atoms with Gasteiger partial charge >= 0.3 is 0 Å². The molecule has 0 aliphatic heterocycles. The number of aromatic nitrogens is 3. The first-order valence-electron chi connectivity index (χ1n) is 6.84. The molecule has 1 aromatic heterocycles. The Morgan fingerprint density at radius 3 is 2.76 bits per heavy atom. The molecule has 17 heavy (non-hydrogen) atoms. The fraction of sp³-hybridized carbons (Fsp3) is 0.846. The molecule has 2 rings (SSSR count). The molecule has 1 aliphatic carbocycles. The normalized spacial score (nSPS) is 21.4. The zero-order chi connectivity index (χ0) is 12.3. The second kappa shape index (κ2) is 5.17. The smallest absolute Gasteiger partial charge is 0.152 e. The van der Waals surface area contributed by atoms with Crippen molar-refractivity contribution in [2.75, 3.05) is 0 Å². The minimum absolute atomic E-state index is 0.345. The second-order valence-corrected chi connectivity index (χ2v) is 5.52. The summed E-state index contributed by atoms with van der Waals surface area (Å²) in [5.41, 5.74) is 6.03. The third-order valence-electron chi connectivity index (χ3n) is 3.82. The molecule has 0 amide bonds. The Morgan fingerprint density at radius 2 is 2.12 bits per heavy atom. The Morgan fingerprint density at radius 1 is 1.41 bits per heavy atom. The second-order valence-electron chi connectivity index (χ2n) is 5.52. The standard InChI is InChI=1S/C13H24N4/c1-3-9-13(2,14)12-16-15-10-17(12)11-7-5-4-6-8-11/h10-11H,3-9,14H2,1-2H3. The molecule has 0 spiro atoms. The van der Waals surface area contributed by atoms with E-state index in [2.05, 4.69) is 28.6 Å². The molecule has 1 saturated carbocycles. The topological polar surface area (TPSA) is 56.7 Å². The first-order chi connectivity index (χ1) is 8.15. The summed E-state index contributed by atoms with van der Waals surface area (Å²) in [6.45, 7) is 4.23. The fourth-order valence-electron chi connectivity index (χ4n) is 2.91. The zero-order valence-corrected chi connectivity index (χ0v) is 11.0. The van der Waals surface area contributed by atoms with Crippen LogP contribution in [-0.4, -0.2) is 14.8 Å². The minimum Gasteiger partial charge on any atom is -0.319 e. The van der Waals surface area contributed by atoms with Crippen LogP contribution in [-0.2, 0) is 5.54 Å². The van der Waals surface area contributed by atoms with Crippen LogP contribution in [0.2, 0.25) is 0 Å². The molecule has 96 valence electrons. The Hall–Kier alpha value is -0.900. The van der Waals surface area contributed by atoms with E-state index in [4.69, 9.17) is 5.73 Å². The quantitative estimate of drug-likeness (QED) is 0.874. The molecule has 1 aliphatic rings. The van der Waals surface area contributed by atoms with E-state index < -0.39 is 0 Å². The maximum atomic E-state index is 6.38. The largest absolute Gasteiger partial charge is 0.319 e. The van der Waals surface area contributed by atoms with Gasteiger partial charge in [-0.05, 0) is 26.2 Å². The van der Waals surface area contributed by atoms with E-state index in [9.17, 15) is 0 Å². The third-order valence-corrected chi connectivity index (χ3v) is 3.82. The van der Waals surface area contributed by atoms with Crippen LogP contribution in [0.1, 0.15) is 70.7 Å². The zero-order valence-electron chi connectivity index (χ0n) is 11.0. The van der Waals surface area contributed by atoms with Gasteiger partial charge in [0.25, 0.3) is 0 Å². The van der Waals surface area contributed by atoms with Crippen LogP contribution in [0.15, 0.2) is 6.33 Å². The molecule has 4 nitrogen and oxygen atoms in total. The number of hydrogen-bond acceptors (Lipinski definition) is 3. The Balaban J connectivity index is 2.21. The number of nitrogens with two attached hydrogens (primary N) is 1. The van der Waals surface area contributed by atoms with Crippen LogP contribution in [0.4, 0.5) is 0 Å². The highest BCUT2D eigenvalue weighted by Gasteiger charge is 2.29. The van der Waals surface area contributed by atoms with Crippen molar-refractivity contribution in [3.05, 3.63) is 12.2 Å². The molecule has 0 aromatic carbocycles. The van der Waals surface area contributed by atoms with Crippen LogP contribution in [0.25, 0.3) is 0 Å². The molecule has 0 bridgehead atoms. The lowest BCUT2D eigenvalue weighted by Crippen LogP contribution is -2.37. The van der Waals surface area contributed by atoms with Crippen LogP contribution in [0.5, 0.6) is 0 Å². The van der Waals surface area contributed by atoms with Gasteiger partial charge in [-0.3, -0.25) is 0 Å². The van der Waals surface area contributed by atoms with Crippen molar-refractivity contribution in [2.24, 2.45) is 5.73 Å². The maximum absolute atomic E-state index is 6.38. The van der Waals surface area contributed by atoms with Crippen molar-refractivity contribution < 1.29 is 0 Å². The van der Waals surface area contributed by atoms with Gasteiger partial charge in [-0.1, -0.05) is 32.6 Å². The van der Waals surface area contributed by atoms with Crippen LogP contribution in [0, 0.1) is 0 Å². The highest BCUT2D eigenvalue weighted by Crippen LogP contribution is 2.31. The van der Waals surface area contributed by atoms with Crippen molar-refractivity contribution in [1.29, 1.82) is 0 Å². The molecule has 0 saturated heterocycles. The fourth-order valence-corrected chi connectivity index (χ4v) is 2.91. The highest BCUT2D eigenvalue weighted by molar-refractivity contribution is 5.04. The molecule has 2 N–H and O–H groups in total. The maximum Gasteiger partial charge on any atom is 0.152 e. The van der Waals surface area contributed by atoms with Crippen LogP contribution in [0.3, 0.4) is 0 Å². The van der Waals surface area contributed by atoms with Crippen molar-refractivity contribution >= 4 is 0 Å². The summed E-state index contributed by atoms with van der Waals surface area (Å²) < 4.78 is 2.23. The molecule has 1 fully saturated rings. The number of nitrogens with zero attached hydrogens (tertiary/aromatic N) is 3. The Bertz CT molecular complexity index is 350.